The van der Waals surface area contributed by atoms with Crippen LogP contribution >= 0.6 is 15.9 Å². The lowest BCUT2D eigenvalue weighted by molar-refractivity contribution is 0.0663. The molecule has 84 valence electrons. The zero-order valence-corrected chi connectivity index (χ0v) is 9.97. The monoisotopic (exact) mass is 286 g/mol. The summed E-state index contributed by atoms with van der Waals surface area (Å²) in [7, 11) is 0. The Kier molecular flexibility index (Phi) is 2.71. The zero-order valence-electron chi connectivity index (χ0n) is 8.38. The SMILES string of the molecule is CCc1c(C(=O)O)oc2c(Br)ccc(F)c12. The summed E-state index contributed by atoms with van der Waals surface area (Å²) < 4.78 is 19.3. The molecule has 16 heavy (non-hydrogen) atoms. The van der Waals surface area contributed by atoms with E-state index in [-0.39, 0.29) is 16.7 Å². The highest BCUT2D eigenvalue weighted by Crippen LogP contribution is 2.33. The van der Waals surface area contributed by atoms with Gasteiger partial charge in [0.15, 0.2) is 5.58 Å². The summed E-state index contributed by atoms with van der Waals surface area (Å²) in [6.45, 7) is 1.76. The van der Waals surface area contributed by atoms with Crippen LogP contribution in [0.3, 0.4) is 0 Å². The largest absolute Gasteiger partial charge is 0.475 e. The van der Waals surface area contributed by atoms with Gasteiger partial charge >= 0.3 is 5.97 Å². The molecule has 0 bridgehead atoms. The van der Waals surface area contributed by atoms with Crippen LogP contribution < -0.4 is 0 Å². The number of furan rings is 1. The molecule has 1 heterocycles. The summed E-state index contributed by atoms with van der Waals surface area (Å²) >= 11 is 3.20. The van der Waals surface area contributed by atoms with Crippen molar-refractivity contribution in [2.45, 2.75) is 13.3 Å². The van der Waals surface area contributed by atoms with E-state index in [2.05, 4.69) is 15.9 Å². The van der Waals surface area contributed by atoms with Crippen LogP contribution in [0, 0.1) is 5.82 Å². The highest BCUT2D eigenvalue weighted by atomic mass is 79.9. The molecule has 0 saturated heterocycles. The van der Waals surface area contributed by atoms with Crippen LogP contribution in [0.25, 0.3) is 11.0 Å². The molecule has 0 amide bonds. The molecule has 0 aliphatic heterocycles. The minimum atomic E-state index is -1.18. The van der Waals surface area contributed by atoms with Gasteiger partial charge in [0, 0.05) is 5.56 Å². The van der Waals surface area contributed by atoms with Crippen LogP contribution in [0.1, 0.15) is 23.0 Å². The van der Waals surface area contributed by atoms with Crippen molar-refractivity contribution < 1.29 is 18.7 Å². The van der Waals surface area contributed by atoms with Gasteiger partial charge in [-0.1, -0.05) is 6.92 Å². The fraction of sp³-hybridized carbons (Fsp3) is 0.182. The van der Waals surface area contributed by atoms with Crippen LogP contribution in [0.15, 0.2) is 21.0 Å². The van der Waals surface area contributed by atoms with E-state index in [4.69, 9.17) is 9.52 Å². The molecule has 0 fully saturated rings. The third-order valence-electron chi connectivity index (χ3n) is 2.39. The summed E-state index contributed by atoms with van der Waals surface area (Å²) in [6.07, 6.45) is 0.405. The Morgan fingerprint density at radius 2 is 2.25 bits per heavy atom. The first-order chi connectivity index (χ1) is 7.56. The second-order valence-electron chi connectivity index (χ2n) is 3.30. The van der Waals surface area contributed by atoms with E-state index in [1.165, 1.54) is 12.1 Å². The standard InChI is InChI=1S/C11H8BrFO3/c1-2-5-8-7(13)4-3-6(12)10(8)16-9(5)11(14)15/h3-4H,2H2,1H3,(H,14,15). The van der Waals surface area contributed by atoms with Gasteiger partial charge in [-0.2, -0.15) is 0 Å². The number of carbonyl (C=O) groups is 1. The molecule has 1 N–H and O–H groups in total. The molecule has 1 aromatic heterocycles. The van der Waals surface area contributed by atoms with E-state index >= 15 is 0 Å². The lowest BCUT2D eigenvalue weighted by Crippen LogP contribution is -1.98. The molecule has 0 unspecified atom stereocenters. The number of rotatable bonds is 2. The van der Waals surface area contributed by atoms with E-state index in [0.717, 1.165) is 0 Å². The van der Waals surface area contributed by atoms with E-state index in [9.17, 15) is 9.18 Å². The third kappa shape index (κ3) is 1.51. The average molecular weight is 287 g/mol. The number of benzene rings is 1. The van der Waals surface area contributed by atoms with Crippen LogP contribution in [-0.2, 0) is 6.42 Å². The predicted octanol–water partition coefficient (Wildman–Crippen LogP) is 3.60. The van der Waals surface area contributed by atoms with Crippen LogP contribution in [0.4, 0.5) is 4.39 Å². The Balaban J connectivity index is 2.92. The van der Waals surface area contributed by atoms with Gasteiger partial charge in [-0.3, -0.25) is 0 Å². The van der Waals surface area contributed by atoms with Crippen LogP contribution in [0.5, 0.6) is 0 Å². The summed E-state index contributed by atoms with van der Waals surface area (Å²) in [4.78, 5) is 10.9. The summed E-state index contributed by atoms with van der Waals surface area (Å²) in [5.74, 6) is -1.84. The van der Waals surface area contributed by atoms with Crippen LogP contribution in [0.2, 0.25) is 0 Å². The summed E-state index contributed by atoms with van der Waals surface area (Å²) in [6, 6.07) is 2.78. The average Bonchev–Trinajstić information content (AvgIpc) is 2.64. The van der Waals surface area contributed by atoms with Gasteiger partial charge in [-0.05, 0) is 34.5 Å². The number of aryl methyl sites for hydroxylation is 1. The van der Waals surface area contributed by atoms with Gasteiger partial charge in [0.2, 0.25) is 5.76 Å². The molecule has 0 atom stereocenters. The number of fused-ring (bicyclic) bond motifs is 1. The first-order valence-electron chi connectivity index (χ1n) is 4.69. The molecule has 1 aromatic carbocycles. The van der Waals surface area contributed by atoms with Crippen molar-refractivity contribution >= 4 is 32.9 Å². The highest BCUT2D eigenvalue weighted by Gasteiger charge is 2.22. The van der Waals surface area contributed by atoms with Crippen molar-refractivity contribution in [1.29, 1.82) is 0 Å². The fourth-order valence-electron chi connectivity index (χ4n) is 1.70. The molecule has 0 aliphatic carbocycles. The lowest BCUT2D eigenvalue weighted by atomic mass is 10.1. The maximum Gasteiger partial charge on any atom is 0.372 e. The molecule has 0 spiro atoms. The number of hydrogen-bond donors (Lipinski definition) is 1. The number of halogens is 2. The maximum absolute atomic E-state index is 13.6. The molecule has 0 radical (unpaired) electrons. The van der Waals surface area contributed by atoms with E-state index in [1.54, 1.807) is 6.92 Å². The van der Waals surface area contributed by atoms with Gasteiger partial charge in [-0.25, -0.2) is 9.18 Å². The first-order valence-corrected chi connectivity index (χ1v) is 5.48. The van der Waals surface area contributed by atoms with E-state index < -0.39 is 11.8 Å². The summed E-state index contributed by atoms with van der Waals surface area (Å²) in [5, 5.41) is 9.19. The van der Waals surface area contributed by atoms with E-state index in [0.29, 0.717) is 16.5 Å². The van der Waals surface area contributed by atoms with Crippen molar-refractivity contribution in [2.75, 3.05) is 0 Å². The second kappa shape index (κ2) is 3.90. The van der Waals surface area contributed by atoms with Crippen molar-refractivity contribution in [1.82, 2.24) is 0 Å². The van der Waals surface area contributed by atoms with Gasteiger partial charge in [-0.15, -0.1) is 0 Å². The Morgan fingerprint density at radius 3 is 2.81 bits per heavy atom. The van der Waals surface area contributed by atoms with Gasteiger partial charge < -0.3 is 9.52 Å². The number of hydrogen-bond acceptors (Lipinski definition) is 2. The minimum Gasteiger partial charge on any atom is -0.475 e. The minimum absolute atomic E-state index is 0.191. The lowest BCUT2D eigenvalue weighted by Gasteiger charge is -1.96. The topological polar surface area (TPSA) is 50.4 Å². The quantitative estimate of drug-likeness (QED) is 0.918. The Morgan fingerprint density at radius 1 is 1.56 bits per heavy atom. The third-order valence-corrected chi connectivity index (χ3v) is 3.01. The predicted molar refractivity (Wildman–Crippen MR) is 60.2 cm³/mol. The first kappa shape index (κ1) is 11.1. The van der Waals surface area contributed by atoms with Gasteiger partial charge in [0.1, 0.15) is 5.82 Å². The van der Waals surface area contributed by atoms with Crippen molar-refractivity contribution in [2.24, 2.45) is 0 Å². The smallest absolute Gasteiger partial charge is 0.372 e. The molecular weight excluding hydrogens is 279 g/mol. The molecule has 3 nitrogen and oxygen atoms in total. The number of carboxylic acids is 1. The fourth-order valence-corrected chi connectivity index (χ4v) is 2.11. The van der Waals surface area contributed by atoms with Crippen molar-refractivity contribution in [3.8, 4) is 0 Å². The Labute approximate surface area is 99.0 Å². The Hall–Kier alpha value is -1.36. The maximum atomic E-state index is 13.6. The van der Waals surface area contributed by atoms with Gasteiger partial charge in [0.25, 0.3) is 0 Å². The molecule has 5 heteroatoms. The number of carboxylic acid groups (broad SMARTS) is 1. The van der Waals surface area contributed by atoms with E-state index in [1.807, 2.05) is 0 Å². The number of aromatic carboxylic acids is 1. The molecular formula is C11H8BrFO3. The molecule has 2 rings (SSSR count). The molecule has 0 saturated carbocycles. The zero-order chi connectivity index (χ0) is 11.9. The van der Waals surface area contributed by atoms with Crippen molar-refractivity contribution in [3.05, 3.63) is 33.7 Å². The normalized spacial score (nSPS) is 10.9. The van der Waals surface area contributed by atoms with Crippen molar-refractivity contribution in [3.63, 3.8) is 0 Å². The molecule has 0 aliphatic rings. The highest BCUT2D eigenvalue weighted by molar-refractivity contribution is 9.10. The molecule has 2 aromatic rings. The van der Waals surface area contributed by atoms with Crippen LogP contribution in [-0.4, -0.2) is 11.1 Å². The van der Waals surface area contributed by atoms with Gasteiger partial charge in [0.05, 0.1) is 9.86 Å². The Bertz CT molecular complexity index is 574. The summed E-state index contributed by atoms with van der Waals surface area (Å²) in [5.41, 5.74) is 0.635. The second-order valence-corrected chi connectivity index (χ2v) is 4.16.